The average molecular weight is 254 g/mol. The molecule has 1 rings (SSSR count). The van der Waals surface area contributed by atoms with Crippen molar-refractivity contribution < 1.29 is 4.79 Å². The van der Waals surface area contributed by atoms with Crippen molar-refractivity contribution in [2.45, 2.75) is 33.6 Å². The number of carbonyl (C=O) groups excluding carboxylic acids is 1. The maximum atomic E-state index is 11.6. The SMILES string of the molecule is CC(C)(C)C(=O)NCCCc1ccc(Cl)cc1. The van der Waals surface area contributed by atoms with Gasteiger partial charge >= 0.3 is 0 Å². The normalized spacial score (nSPS) is 11.3. The number of nitrogens with one attached hydrogen (secondary N) is 1. The number of hydrogen-bond donors (Lipinski definition) is 1. The number of amides is 1. The molecule has 3 heteroatoms. The van der Waals surface area contributed by atoms with Crippen LogP contribution in [-0.4, -0.2) is 12.5 Å². The Balaban J connectivity index is 2.25. The Hall–Kier alpha value is -1.02. The number of carbonyl (C=O) groups is 1. The van der Waals surface area contributed by atoms with E-state index < -0.39 is 0 Å². The summed E-state index contributed by atoms with van der Waals surface area (Å²) >= 11 is 5.81. The summed E-state index contributed by atoms with van der Waals surface area (Å²) in [4.78, 5) is 11.6. The second-order valence-corrected chi connectivity index (χ2v) is 5.67. The molecule has 0 radical (unpaired) electrons. The zero-order valence-corrected chi connectivity index (χ0v) is 11.5. The van der Waals surface area contributed by atoms with E-state index in [0.717, 1.165) is 24.4 Å². The maximum absolute atomic E-state index is 11.6. The second-order valence-electron chi connectivity index (χ2n) is 5.24. The lowest BCUT2D eigenvalue weighted by molar-refractivity contribution is -0.128. The van der Waals surface area contributed by atoms with E-state index in [2.05, 4.69) is 5.32 Å². The van der Waals surface area contributed by atoms with Crippen LogP contribution in [0.25, 0.3) is 0 Å². The third-order valence-corrected chi connectivity index (χ3v) is 2.77. The molecular formula is C14H20ClNO. The van der Waals surface area contributed by atoms with Crippen LogP contribution in [0.15, 0.2) is 24.3 Å². The number of hydrogen-bond acceptors (Lipinski definition) is 1. The van der Waals surface area contributed by atoms with Crippen molar-refractivity contribution in [3.8, 4) is 0 Å². The number of rotatable bonds is 4. The molecule has 0 spiro atoms. The minimum Gasteiger partial charge on any atom is -0.356 e. The fourth-order valence-corrected chi connectivity index (χ4v) is 1.54. The molecule has 0 saturated heterocycles. The van der Waals surface area contributed by atoms with E-state index in [1.807, 2.05) is 45.0 Å². The highest BCUT2D eigenvalue weighted by Gasteiger charge is 2.19. The number of benzene rings is 1. The van der Waals surface area contributed by atoms with Crippen molar-refractivity contribution >= 4 is 17.5 Å². The first kappa shape index (κ1) is 14.0. The van der Waals surface area contributed by atoms with Gasteiger partial charge in [0, 0.05) is 17.0 Å². The van der Waals surface area contributed by atoms with Crippen molar-refractivity contribution in [2.75, 3.05) is 6.54 Å². The highest BCUT2D eigenvalue weighted by atomic mass is 35.5. The van der Waals surface area contributed by atoms with Crippen molar-refractivity contribution in [3.05, 3.63) is 34.9 Å². The minimum absolute atomic E-state index is 0.105. The Morgan fingerprint density at radius 1 is 1.24 bits per heavy atom. The molecule has 0 saturated carbocycles. The van der Waals surface area contributed by atoms with Gasteiger partial charge in [-0.3, -0.25) is 4.79 Å². The van der Waals surface area contributed by atoms with Gasteiger partial charge in [0.2, 0.25) is 5.91 Å². The molecule has 0 fully saturated rings. The third-order valence-electron chi connectivity index (χ3n) is 2.52. The van der Waals surface area contributed by atoms with Gasteiger partial charge in [-0.15, -0.1) is 0 Å². The summed E-state index contributed by atoms with van der Waals surface area (Å²) < 4.78 is 0. The van der Waals surface area contributed by atoms with Gasteiger partial charge in [-0.25, -0.2) is 0 Å². The van der Waals surface area contributed by atoms with E-state index in [-0.39, 0.29) is 11.3 Å². The molecule has 0 atom stereocenters. The molecule has 1 N–H and O–H groups in total. The molecule has 1 amide bonds. The zero-order valence-electron chi connectivity index (χ0n) is 10.7. The molecule has 0 aliphatic heterocycles. The Bertz CT molecular complexity index is 365. The van der Waals surface area contributed by atoms with Gasteiger partial charge in [-0.1, -0.05) is 44.5 Å². The average Bonchev–Trinajstić information content (AvgIpc) is 2.25. The van der Waals surface area contributed by atoms with Crippen LogP contribution >= 0.6 is 11.6 Å². The zero-order chi connectivity index (χ0) is 12.9. The lowest BCUT2D eigenvalue weighted by atomic mass is 9.95. The molecule has 94 valence electrons. The fourth-order valence-electron chi connectivity index (χ4n) is 1.41. The molecule has 17 heavy (non-hydrogen) atoms. The van der Waals surface area contributed by atoms with Gasteiger partial charge in [0.25, 0.3) is 0 Å². The molecule has 0 aromatic heterocycles. The summed E-state index contributed by atoms with van der Waals surface area (Å²) in [7, 11) is 0. The third kappa shape index (κ3) is 5.22. The predicted octanol–water partition coefficient (Wildman–Crippen LogP) is 3.43. The molecule has 0 heterocycles. The Labute approximate surface area is 108 Å². The van der Waals surface area contributed by atoms with Gasteiger partial charge in [0.15, 0.2) is 0 Å². The van der Waals surface area contributed by atoms with Crippen LogP contribution in [0.1, 0.15) is 32.8 Å². The van der Waals surface area contributed by atoms with E-state index in [9.17, 15) is 4.79 Å². The van der Waals surface area contributed by atoms with Gasteiger partial charge in [-0.05, 0) is 30.5 Å². The smallest absolute Gasteiger partial charge is 0.225 e. The lowest BCUT2D eigenvalue weighted by Gasteiger charge is -2.17. The summed E-state index contributed by atoms with van der Waals surface area (Å²) in [5.74, 6) is 0.105. The number of aryl methyl sites for hydroxylation is 1. The summed E-state index contributed by atoms with van der Waals surface area (Å²) in [6.07, 6.45) is 1.91. The van der Waals surface area contributed by atoms with E-state index in [0.29, 0.717) is 0 Å². The van der Waals surface area contributed by atoms with Crippen LogP contribution in [0.3, 0.4) is 0 Å². The highest BCUT2D eigenvalue weighted by Crippen LogP contribution is 2.13. The van der Waals surface area contributed by atoms with E-state index in [1.165, 1.54) is 5.56 Å². The van der Waals surface area contributed by atoms with E-state index in [1.54, 1.807) is 0 Å². The van der Waals surface area contributed by atoms with Crippen molar-refractivity contribution in [2.24, 2.45) is 5.41 Å². The van der Waals surface area contributed by atoms with Crippen LogP contribution in [0.2, 0.25) is 5.02 Å². The Kier molecular flexibility index (Phi) is 5.01. The van der Waals surface area contributed by atoms with Crippen LogP contribution in [-0.2, 0) is 11.2 Å². The summed E-state index contributed by atoms with van der Waals surface area (Å²) in [6, 6.07) is 7.83. The molecule has 2 nitrogen and oxygen atoms in total. The van der Waals surface area contributed by atoms with Gasteiger partial charge in [0.05, 0.1) is 0 Å². The van der Waals surface area contributed by atoms with Crippen LogP contribution < -0.4 is 5.32 Å². The fraction of sp³-hybridized carbons (Fsp3) is 0.500. The quantitative estimate of drug-likeness (QED) is 0.819. The maximum Gasteiger partial charge on any atom is 0.225 e. The topological polar surface area (TPSA) is 29.1 Å². The summed E-state index contributed by atoms with van der Waals surface area (Å²) in [6.45, 7) is 6.48. The summed E-state index contributed by atoms with van der Waals surface area (Å²) in [5.41, 5.74) is 0.944. The van der Waals surface area contributed by atoms with Crippen LogP contribution in [0, 0.1) is 5.41 Å². The lowest BCUT2D eigenvalue weighted by Crippen LogP contribution is -2.35. The van der Waals surface area contributed by atoms with Gasteiger partial charge < -0.3 is 5.32 Å². The highest BCUT2D eigenvalue weighted by molar-refractivity contribution is 6.30. The number of halogens is 1. The van der Waals surface area contributed by atoms with Crippen molar-refractivity contribution in [3.63, 3.8) is 0 Å². The van der Waals surface area contributed by atoms with Gasteiger partial charge in [0.1, 0.15) is 0 Å². The first-order valence-electron chi connectivity index (χ1n) is 5.92. The molecule has 0 aliphatic carbocycles. The monoisotopic (exact) mass is 253 g/mol. The van der Waals surface area contributed by atoms with E-state index >= 15 is 0 Å². The molecule has 0 aliphatic rings. The Morgan fingerprint density at radius 2 is 1.82 bits per heavy atom. The molecular weight excluding hydrogens is 234 g/mol. The first-order valence-corrected chi connectivity index (χ1v) is 6.30. The van der Waals surface area contributed by atoms with Crippen LogP contribution in [0.5, 0.6) is 0 Å². The largest absolute Gasteiger partial charge is 0.356 e. The molecule has 1 aromatic rings. The van der Waals surface area contributed by atoms with Gasteiger partial charge in [-0.2, -0.15) is 0 Å². The molecule has 1 aromatic carbocycles. The second kappa shape index (κ2) is 6.06. The molecule has 0 bridgehead atoms. The van der Waals surface area contributed by atoms with Crippen molar-refractivity contribution in [1.82, 2.24) is 5.32 Å². The first-order chi connectivity index (χ1) is 7.89. The predicted molar refractivity (Wildman–Crippen MR) is 72.2 cm³/mol. The minimum atomic E-state index is -0.305. The van der Waals surface area contributed by atoms with Crippen molar-refractivity contribution in [1.29, 1.82) is 0 Å². The Morgan fingerprint density at radius 3 is 2.35 bits per heavy atom. The molecule has 0 unspecified atom stereocenters. The van der Waals surface area contributed by atoms with Crippen LogP contribution in [0.4, 0.5) is 0 Å². The summed E-state index contributed by atoms with van der Waals surface area (Å²) in [5, 5.41) is 3.70. The standard InChI is InChI=1S/C14H20ClNO/c1-14(2,3)13(17)16-10-4-5-11-6-8-12(15)9-7-11/h6-9H,4-5,10H2,1-3H3,(H,16,17). The van der Waals surface area contributed by atoms with E-state index in [4.69, 9.17) is 11.6 Å².